The van der Waals surface area contributed by atoms with E-state index in [0.717, 1.165) is 38.3 Å². The Morgan fingerprint density at radius 3 is 2.52 bits per heavy atom. The lowest BCUT2D eigenvalue weighted by Gasteiger charge is -2.51. The first-order valence-electron chi connectivity index (χ1n) is 7.94. The summed E-state index contributed by atoms with van der Waals surface area (Å²) in [6.45, 7) is 17.4. The Bertz CT molecular complexity index is 509. The third-order valence-electron chi connectivity index (χ3n) is 4.85. The summed E-state index contributed by atoms with van der Waals surface area (Å²) in [5.41, 5.74) is 2.74. The van der Waals surface area contributed by atoms with E-state index in [1.165, 1.54) is 10.2 Å². The highest BCUT2D eigenvalue weighted by atomic mass is 79.9. The zero-order valence-corrected chi connectivity index (χ0v) is 15.8. The Balaban J connectivity index is 2.31. The minimum atomic E-state index is 0.160. The van der Waals surface area contributed by atoms with Crippen molar-refractivity contribution in [2.45, 2.75) is 72.1 Å². The molecule has 21 heavy (non-hydrogen) atoms. The summed E-state index contributed by atoms with van der Waals surface area (Å²) < 4.78 is 3.30. The number of hydrogen-bond acceptors (Lipinski definition) is 3. The van der Waals surface area contributed by atoms with Gasteiger partial charge in [0.15, 0.2) is 0 Å². The second-order valence-corrected chi connectivity index (χ2v) is 7.90. The Labute approximate surface area is 137 Å². The Kier molecular flexibility index (Phi) is 4.86. The van der Waals surface area contributed by atoms with E-state index in [1.807, 2.05) is 0 Å². The molecule has 1 unspecified atom stereocenters. The Morgan fingerprint density at radius 2 is 1.95 bits per heavy atom. The molecule has 0 saturated carbocycles. The van der Waals surface area contributed by atoms with E-state index in [4.69, 9.17) is 0 Å². The topological polar surface area (TPSA) is 33.1 Å². The van der Waals surface area contributed by atoms with Crippen LogP contribution in [-0.4, -0.2) is 38.8 Å². The predicted octanol–water partition coefficient (Wildman–Crippen LogP) is 3.33. The van der Waals surface area contributed by atoms with Crippen molar-refractivity contribution in [3.63, 3.8) is 0 Å². The molecule has 0 radical (unpaired) electrons. The summed E-state index contributed by atoms with van der Waals surface area (Å²) in [6.07, 6.45) is 1.15. The lowest BCUT2D eigenvalue weighted by molar-refractivity contribution is 0.0154. The van der Waals surface area contributed by atoms with E-state index in [2.05, 4.69) is 77.5 Å². The number of hydrogen-bond donors (Lipinski definition) is 1. The minimum absolute atomic E-state index is 0.160. The monoisotopic (exact) mass is 356 g/mol. The van der Waals surface area contributed by atoms with Crippen molar-refractivity contribution in [2.75, 3.05) is 13.1 Å². The molecule has 5 heteroatoms. The van der Waals surface area contributed by atoms with E-state index < -0.39 is 0 Å². The Hall–Kier alpha value is -0.390. The molecule has 2 heterocycles. The van der Waals surface area contributed by atoms with E-state index in [1.54, 1.807) is 0 Å². The van der Waals surface area contributed by atoms with Crippen LogP contribution < -0.4 is 5.32 Å². The van der Waals surface area contributed by atoms with Crippen molar-refractivity contribution in [3.05, 3.63) is 15.9 Å². The van der Waals surface area contributed by atoms with E-state index >= 15 is 0 Å². The van der Waals surface area contributed by atoms with Gasteiger partial charge in [0, 0.05) is 37.3 Å². The molecule has 4 nitrogen and oxygen atoms in total. The highest BCUT2D eigenvalue weighted by molar-refractivity contribution is 9.10. The van der Waals surface area contributed by atoms with Crippen LogP contribution in [0.15, 0.2) is 4.47 Å². The summed E-state index contributed by atoms with van der Waals surface area (Å²) in [5, 5.41) is 8.32. The molecule has 2 rings (SSSR count). The fourth-order valence-corrected chi connectivity index (χ4v) is 3.47. The van der Waals surface area contributed by atoms with Gasteiger partial charge in [0.25, 0.3) is 0 Å². The average Bonchev–Trinajstić information content (AvgIpc) is 2.70. The number of aromatic nitrogens is 2. The normalized spacial score (nSPS) is 26.2. The zero-order valence-electron chi connectivity index (χ0n) is 14.3. The second-order valence-electron chi connectivity index (χ2n) is 7.11. The van der Waals surface area contributed by atoms with Gasteiger partial charge in [-0.2, -0.15) is 5.10 Å². The molecule has 0 bridgehead atoms. The average molecular weight is 357 g/mol. The SMILES string of the molecule is CCn1nc(C)c(Br)c1CN1CC(C)(C)NCC1(C)CC. The van der Waals surface area contributed by atoms with Crippen molar-refractivity contribution >= 4 is 15.9 Å². The molecule has 1 aliphatic heterocycles. The van der Waals surface area contributed by atoms with Gasteiger partial charge >= 0.3 is 0 Å². The lowest BCUT2D eigenvalue weighted by atomic mass is 9.88. The predicted molar refractivity (Wildman–Crippen MR) is 91.5 cm³/mol. The van der Waals surface area contributed by atoms with Gasteiger partial charge in [0.2, 0.25) is 0 Å². The molecule has 1 N–H and O–H groups in total. The van der Waals surface area contributed by atoms with Gasteiger partial charge in [-0.25, -0.2) is 0 Å². The molecule has 1 atom stereocenters. The van der Waals surface area contributed by atoms with Gasteiger partial charge < -0.3 is 5.32 Å². The largest absolute Gasteiger partial charge is 0.309 e. The van der Waals surface area contributed by atoms with Crippen LogP contribution in [0, 0.1) is 6.92 Å². The van der Waals surface area contributed by atoms with Crippen LogP contribution in [0.25, 0.3) is 0 Å². The van der Waals surface area contributed by atoms with Crippen LogP contribution in [0.2, 0.25) is 0 Å². The van der Waals surface area contributed by atoms with Crippen LogP contribution in [0.1, 0.15) is 52.4 Å². The fraction of sp³-hybridized carbons (Fsp3) is 0.812. The summed E-state index contributed by atoms with van der Waals surface area (Å²) in [7, 11) is 0. The van der Waals surface area contributed by atoms with Gasteiger partial charge in [0.1, 0.15) is 0 Å². The molecular weight excluding hydrogens is 328 g/mol. The van der Waals surface area contributed by atoms with Crippen molar-refractivity contribution in [1.82, 2.24) is 20.0 Å². The van der Waals surface area contributed by atoms with Crippen LogP contribution >= 0.6 is 15.9 Å². The molecule has 1 aliphatic rings. The highest BCUT2D eigenvalue weighted by Gasteiger charge is 2.40. The highest BCUT2D eigenvalue weighted by Crippen LogP contribution is 2.31. The Morgan fingerprint density at radius 1 is 1.29 bits per heavy atom. The van der Waals surface area contributed by atoms with E-state index in [9.17, 15) is 0 Å². The third-order valence-corrected chi connectivity index (χ3v) is 5.88. The number of halogens is 1. The first-order chi connectivity index (χ1) is 9.72. The van der Waals surface area contributed by atoms with Gasteiger partial charge in [0.05, 0.1) is 15.9 Å². The fourth-order valence-electron chi connectivity index (χ4n) is 3.06. The molecule has 0 spiro atoms. The summed E-state index contributed by atoms with van der Waals surface area (Å²) in [4.78, 5) is 2.62. The smallest absolute Gasteiger partial charge is 0.0739 e. The number of nitrogens with zero attached hydrogens (tertiary/aromatic N) is 3. The molecule has 0 aromatic carbocycles. The summed E-state index contributed by atoms with van der Waals surface area (Å²) in [5.74, 6) is 0. The molecule has 1 aromatic heterocycles. The van der Waals surface area contributed by atoms with Gasteiger partial charge in [-0.05, 0) is 57.0 Å². The zero-order chi connectivity index (χ0) is 15.8. The minimum Gasteiger partial charge on any atom is -0.309 e. The maximum absolute atomic E-state index is 4.63. The third kappa shape index (κ3) is 3.35. The van der Waals surface area contributed by atoms with Crippen LogP contribution in [0.4, 0.5) is 0 Å². The van der Waals surface area contributed by atoms with Crippen molar-refractivity contribution in [3.8, 4) is 0 Å². The summed E-state index contributed by atoms with van der Waals surface area (Å²) >= 11 is 3.73. The van der Waals surface area contributed by atoms with E-state index in [-0.39, 0.29) is 11.1 Å². The molecule has 1 saturated heterocycles. The maximum atomic E-state index is 4.63. The van der Waals surface area contributed by atoms with Crippen molar-refractivity contribution in [2.24, 2.45) is 0 Å². The first-order valence-corrected chi connectivity index (χ1v) is 8.73. The molecular formula is C16H29BrN4. The molecule has 1 aromatic rings. The van der Waals surface area contributed by atoms with Crippen LogP contribution in [0.3, 0.4) is 0 Å². The van der Waals surface area contributed by atoms with E-state index in [0.29, 0.717) is 0 Å². The number of rotatable bonds is 4. The van der Waals surface area contributed by atoms with Gasteiger partial charge in [-0.1, -0.05) is 6.92 Å². The molecule has 1 fully saturated rings. The number of aryl methyl sites for hydroxylation is 2. The quantitative estimate of drug-likeness (QED) is 0.897. The molecule has 0 amide bonds. The maximum Gasteiger partial charge on any atom is 0.0739 e. The number of nitrogens with one attached hydrogen (secondary N) is 1. The van der Waals surface area contributed by atoms with Crippen molar-refractivity contribution < 1.29 is 0 Å². The lowest BCUT2D eigenvalue weighted by Crippen LogP contribution is -2.66. The van der Waals surface area contributed by atoms with Gasteiger partial charge in [-0.15, -0.1) is 0 Å². The van der Waals surface area contributed by atoms with Crippen LogP contribution in [-0.2, 0) is 13.1 Å². The molecule has 0 aliphatic carbocycles. The van der Waals surface area contributed by atoms with Gasteiger partial charge in [-0.3, -0.25) is 9.58 Å². The van der Waals surface area contributed by atoms with Crippen molar-refractivity contribution in [1.29, 1.82) is 0 Å². The summed E-state index contributed by atoms with van der Waals surface area (Å²) in [6, 6.07) is 0. The first kappa shape index (κ1) is 17.0. The van der Waals surface area contributed by atoms with Crippen LogP contribution in [0.5, 0.6) is 0 Å². The second kappa shape index (κ2) is 6.01. The standard InChI is InChI=1S/C16H29BrN4/c1-7-16(6)10-18-15(4,5)11-20(16)9-13-14(17)12(3)19-21(13)8-2/h18H,7-11H2,1-6H3. The number of piperazine rings is 1. The molecule has 120 valence electrons.